The predicted octanol–water partition coefficient (Wildman–Crippen LogP) is 2.20. The molecule has 0 atom stereocenters. The van der Waals surface area contributed by atoms with Crippen molar-refractivity contribution in [2.75, 3.05) is 18.5 Å². The quantitative estimate of drug-likeness (QED) is 0.647. The van der Waals surface area contributed by atoms with E-state index in [1.165, 1.54) is 12.3 Å². The molecule has 0 saturated heterocycles. The summed E-state index contributed by atoms with van der Waals surface area (Å²) in [7, 11) is 1.72. The van der Waals surface area contributed by atoms with E-state index in [0.717, 1.165) is 11.3 Å². The lowest BCUT2D eigenvalue weighted by Crippen LogP contribution is -2.24. The fraction of sp³-hybridized carbons (Fsp3) is 0.211. The number of Topliss-reactive ketones (excluding diaryl/α,β-unsaturated/α-hetero) is 1. The van der Waals surface area contributed by atoms with Gasteiger partial charge in [-0.3, -0.25) is 14.4 Å². The Bertz CT molecular complexity index is 837. The first-order valence-electron chi connectivity index (χ1n) is 7.96. The van der Waals surface area contributed by atoms with Crippen LogP contribution in [-0.4, -0.2) is 31.2 Å². The summed E-state index contributed by atoms with van der Waals surface area (Å²) in [6.45, 7) is 0.246. The molecule has 2 amide bonds. The first-order valence-corrected chi connectivity index (χ1v) is 7.96. The summed E-state index contributed by atoms with van der Waals surface area (Å²) in [5.74, 6) is 0.254. The number of nitrogens with one attached hydrogen (secondary N) is 1. The van der Waals surface area contributed by atoms with Crippen LogP contribution >= 0.6 is 0 Å². The molecule has 0 saturated carbocycles. The number of benzene rings is 1. The molecule has 0 spiro atoms. The van der Waals surface area contributed by atoms with Crippen LogP contribution in [0.5, 0.6) is 0 Å². The first kappa shape index (κ1) is 16.7. The Hall–Kier alpha value is -3.15. The zero-order valence-corrected chi connectivity index (χ0v) is 13.8. The van der Waals surface area contributed by atoms with Crippen LogP contribution in [0.25, 0.3) is 6.08 Å². The number of carbonyl (C=O) groups excluding carboxylic acids is 3. The number of hydrogen-bond acceptors (Lipinski definition) is 4. The highest BCUT2D eigenvalue weighted by Gasteiger charge is 2.24. The van der Waals surface area contributed by atoms with Gasteiger partial charge in [0.15, 0.2) is 5.78 Å². The molecule has 2 aromatic rings. The zero-order chi connectivity index (χ0) is 17.8. The van der Waals surface area contributed by atoms with Gasteiger partial charge in [0.1, 0.15) is 5.76 Å². The van der Waals surface area contributed by atoms with E-state index in [1.807, 2.05) is 0 Å². The molecule has 25 heavy (non-hydrogen) atoms. The van der Waals surface area contributed by atoms with Crippen molar-refractivity contribution in [1.82, 2.24) is 5.32 Å². The van der Waals surface area contributed by atoms with E-state index < -0.39 is 0 Å². The van der Waals surface area contributed by atoms with E-state index in [4.69, 9.17) is 4.42 Å². The van der Waals surface area contributed by atoms with E-state index >= 15 is 0 Å². The second-order valence-electron chi connectivity index (χ2n) is 5.79. The van der Waals surface area contributed by atoms with Crippen LogP contribution in [-0.2, 0) is 16.0 Å². The van der Waals surface area contributed by atoms with Gasteiger partial charge in [0.2, 0.25) is 11.8 Å². The molecule has 2 heterocycles. The van der Waals surface area contributed by atoms with Crippen molar-refractivity contribution in [2.24, 2.45) is 0 Å². The number of nitrogens with zero attached hydrogens (tertiary/aromatic N) is 1. The molecule has 1 aliphatic heterocycles. The van der Waals surface area contributed by atoms with Crippen molar-refractivity contribution in [3.8, 4) is 0 Å². The van der Waals surface area contributed by atoms with Gasteiger partial charge in [-0.15, -0.1) is 0 Å². The number of likely N-dealkylation sites (N-methyl/N-ethyl adjacent to an activating group) is 1. The molecule has 1 aromatic heterocycles. The van der Waals surface area contributed by atoms with Gasteiger partial charge in [0.05, 0.1) is 12.7 Å². The molecule has 3 rings (SSSR count). The third kappa shape index (κ3) is 3.85. The maximum atomic E-state index is 12.3. The summed E-state index contributed by atoms with van der Waals surface area (Å²) in [6.07, 6.45) is 4.97. The molecule has 0 aliphatic carbocycles. The number of anilines is 1. The van der Waals surface area contributed by atoms with Gasteiger partial charge in [0.25, 0.3) is 0 Å². The molecular formula is C19H18N2O4. The lowest BCUT2D eigenvalue weighted by Gasteiger charge is -2.10. The Morgan fingerprint density at radius 1 is 1.32 bits per heavy atom. The van der Waals surface area contributed by atoms with Gasteiger partial charge in [-0.05, 0) is 42.0 Å². The minimum atomic E-state index is -0.287. The van der Waals surface area contributed by atoms with Crippen molar-refractivity contribution < 1.29 is 18.8 Å². The highest BCUT2D eigenvalue weighted by atomic mass is 16.3. The highest BCUT2D eigenvalue weighted by molar-refractivity contribution is 6.03. The van der Waals surface area contributed by atoms with Crippen LogP contribution in [0.4, 0.5) is 5.69 Å². The third-order valence-electron chi connectivity index (χ3n) is 4.07. The van der Waals surface area contributed by atoms with Crippen LogP contribution in [0.2, 0.25) is 0 Å². The molecule has 0 unspecified atom stereocenters. The SMILES string of the molecule is CN1C(=O)Cc2cc(C(=O)CCNC(=O)/C=C/c3ccco3)ccc21. The highest BCUT2D eigenvalue weighted by Crippen LogP contribution is 2.28. The fourth-order valence-corrected chi connectivity index (χ4v) is 2.69. The molecular weight excluding hydrogens is 320 g/mol. The summed E-state index contributed by atoms with van der Waals surface area (Å²) in [5.41, 5.74) is 2.27. The van der Waals surface area contributed by atoms with E-state index in [-0.39, 0.29) is 30.6 Å². The Labute approximate surface area is 145 Å². The van der Waals surface area contributed by atoms with Crippen molar-refractivity contribution in [2.45, 2.75) is 12.8 Å². The van der Waals surface area contributed by atoms with Gasteiger partial charge in [-0.1, -0.05) is 0 Å². The molecule has 0 radical (unpaired) electrons. The van der Waals surface area contributed by atoms with E-state index in [9.17, 15) is 14.4 Å². The Morgan fingerprint density at radius 3 is 2.92 bits per heavy atom. The van der Waals surface area contributed by atoms with Crippen molar-refractivity contribution in [1.29, 1.82) is 0 Å². The second kappa shape index (κ2) is 7.17. The summed E-state index contributed by atoms with van der Waals surface area (Å²) >= 11 is 0. The zero-order valence-electron chi connectivity index (χ0n) is 13.8. The fourth-order valence-electron chi connectivity index (χ4n) is 2.69. The van der Waals surface area contributed by atoms with Crippen LogP contribution < -0.4 is 10.2 Å². The number of furan rings is 1. The predicted molar refractivity (Wildman–Crippen MR) is 93.3 cm³/mol. The Morgan fingerprint density at radius 2 is 2.16 bits per heavy atom. The van der Waals surface area contributed by atoms with Crippen LogP contribution in [0.3, 0.4) is 0 Å². The maximum Gasteiger partial charge on any atom is 0.244 e. The van der Waals surface area contributed by atoms with Crippen LogP contribution in [0.1, 0.15) is 28.1 Å². The van der Waals surface area contributed by atoms with E-state index in [0.29, 0.717) is 17.7 Å². The Kier molecular flexibility index (Phi) is 4.79. The van der Waals surface area contributed by atoms with Gasteiger partial charge < -0.3 is 14.6 Å². The number of ketones is 1. The lowest BCUT2D eigenvalue weighted by molar-refractivity contribution is -0.117. The number of carbonyl (C=O) groups is 3. The minimum absolute atomic E-state index is 0.0233. The van der Waals surface area contributed by atoms with Crippen LogP contribution in [0, 0.1) is 0 Å². The van der Waals surface area contributed by atoms with Crippen molar-refractivity contribution in [3.63, 3.8) is 0 Å². The average molecular weight is 338 g/mol. The third-order valence-corrected chi connectivity index (χ3v) is 4.07. The topological polar surface area (TPSA) is 79.6 Å². The van der Waals surface area contributed by atoms with Gasteiger partial charge >= 0.3 is 0 Å². The Balaban J connectivity index is 1.51. The number of amides is 2. The molecule has 1 aliphatic rings. The molecule has 128 valence electrons. The smallest absolute Gasteiger partial charge is 0.244 e. The minimum Gasteiger partial charge on any atom is -0.465 e. The van der Waals surface area contributed by atoms with Gasteiger partial charge in [0, 0.05) is 37.3 Å². The normalized spacial score (nSPS) is 13.3. The molecule has 1 aromatic carbocycles. The van der Waals surface area contributed by atoms with Crippen molar-refractivity contribution in [3.05, 3.63) is 59.6 Å². The van der Waals surface area contributed by atoms with E-state index in [2.05, 4.69) is 5.32 Å². The number of fused-ring (bicyclic) bond motifs is 1. The lowest BCUT2D eigenvalue weighted by atomic mass is 10.0. The second-order valence-corrected chi connectivity index (χ2v) is 5.79. The van der Waals surface area contributed by atoms with Gasteiger partial charge in [-0.25, -0.2) is 0 Å². The molecule has 0 bridgehead atoms. The van der Waals surface area contributed by atoms with E-state index in [1.54, 1.807) is 48.4 Å². The maximum absolute atomic E-state index is 12.3. The number of hydrogen-bond donors (Lipinski definition) is 1. The largest absolute Gasteiger partial charge is 0.465 e. The standard InChI is InChI=1S/C19H18N2O4/c1-21-16-6-4-13(11-14(16)12-19(21)24)17(22)8-9-20-18(23)7-5-15-3-2-10-25-15/h2-7,10-11H,8-9,12H2,1H3,(H,20,23)/b7-5+. The van der Waals surface area contributed by atoms with Crippen molar-refractivity contribution >= 4 is 29.4 Å². The van der Waals surface area contributed by atoms with Crippen LogP contribution in [0.15, 0.2) is 47.1 Å². The van der Waals surface area contributed by atoms with Gasteiger partial charge in [-0.2, -0.15) is 0 Å². The monoisotopic (exact) mass is 338 g/mol. The summed E-state index contributed by atoms with van der Waals surface area (Å²) in [4.78, 5) is 37.2. The average Bonchev–Trinajstić information content (AvgIpc) is 3.21. The first-order chi connectivity index (χ1) is 12.0. The summed E-state index contributed by atoms with van der Waals surface area (Å²) in [5, 5.41) is 2.66. The molecule has 6 nitrogen and oxygen atoms in total. The molecule has 1 N–H and O–H groups in total. The summed E-state index contributed by atoms with van der Waals surface area (Å²) in [6, 6.07) is 8.74. The molecule has 6 heteroatoms. The summed E-state index contributed by atoms with van der Waals surface area (Å²) < 4.78 is 5.09. The number of rotatable bonds is 6. The molecule has 0 fully saturated rings.